The summed E-state index contributed by atoms with van der Waals surface area (Å²) in [7, 11) is 0.185. The van der Waals surface area contributed by atoms with Crippen LogP contribution in [0.1, 0.15) is 12.0 Å². The second-order valence-electron chi connectivity index (χ2n) is 8.97. The van der Waals surface area contributed by atoms with Crippen molar-refractivity contribution in [2.24, 2.45) is 0 Å². The zero-order valence-electron chi connectivity index (χ0n) is 21.1. The number of hydrogen-bond donors (Lipinski definition) is 1. The van der Waals surface area contributed by atoms with Gasteiger partial charge >= 0.3 is 6.18 Å². The van der Waals surface area contributed by atoms with E-state index in [9.17, 15) is 21.6 Å². The first-order valence-electron chi connectivity index (χ1n) is 11.6. The highest BCUT2D eigenvalue weighted by Crippen LogP contribution is 2.42. The Morgan fingerprint density at radius 2 is 1.59 bits per heavy atom. The zero-order chi connectivity index (χ0) is 28.5. The Hall–Kier alpha value is -2.86. The predicted molar refractivity (Wildman–Crippen MR) is 144 cm³/mol. The molecule has 1 aliphatic heterocycles. The molecule has 1 heterocycles. The van der Waals surface area contributed by atoms with Gasteiger partial charge in [-0.15, -0.1) is 0 Å². The van der Waals surface area contributed by atoms with Gasteiger partial charge in [-0.05, 0) is 55.4 Å². The molecule has 0 aliphatic carbocycles. The van der Waals surface area contributed by atoms with Gasteiger partial charge in [-0.3, -0.25) is 4.72 Å². The van der Waals surface area contributed by atoms with Crippen LogP contribution in [0.3, 0.4) is 0 Å². The van der Waals surface area contributed by atoms with Gasteiger partial charge in [0.05, 0.1) is 30.4 Å². The summed E-state index contributed by atoms with van der Waals surface area (Å²) in [6, 6.07) is 10.1. The Kier molecular flexibility index (Phi) is 8.46. The van der Waals surface area contributed by atoms with Crippen molar-refractivity contribution in [1.82, 2.24) is 4.90 Å². The lowest BCUT2D eigenvalue weighted by atomic mass is 10.0. The van der Waals surface area contributed by atoms with Gasteiger partial charge in [0.2, 0.25) is 0 Å². The summed E-state index contributed by atoms with van der Waals surface area (Å²) in [6.07, 6.45) is -4.62. The van der Waals surface area contributed by atoms with Crippen molar-refractivity contribution in [2.45, 2.75) is 23.6 Å². The number of halogens is 5. The van der Waals surface area contributed by atoms with E-state index in [1.54, 1.807) is 0 Å². The molecule has 3 aromatic rings. The fraction of sp³-hybridized carbons (Fsp3) is 0.308. The number of nitrogens with zero attached hydrogens (tertiary/aromatic N) is 1. The number of nitrogens with one attached hydrogen (secondary N) is 1. The number of benzene rings is 3. The quantitative estimate of drug-likeness (QED) is 0.313. The van der Waals surface area contributed by atoms with Crippen molar-refractivity contribution in [3.8, 4) is 28.4 Å². The summed E-state index contributed by atoms with van der Waals surface area (Å²) in [4.78, 5) is 1.70. The van der Waals surface area contributed by atoms with E-state index >= 15 is 0 Å². The number of likely N-dealkylation sites (N-methyl/N-ethyl adjacent to an activating group) is 1. The van der Waals surface area contributed by atoms with Gasteiger partial charge < -0.3 is 19.1 Å². The fourth-order valence-electron chi connectivity index (χ4n) is 4.32. The van der Waals surface area contributed by atoms with Crippen LogP contribution in [0.4, 0.5) is 18.9 Å². The first-order chi connectivity index (χ1) is 18.3. The Morgan fingerprint density at radius 3 is 2.15 bits per heavy atom. The van der Waals surface area contributed by atoms with Crippen molar-refractivity contribution in [2.75, 3.05) is 39.1 Å². The normalized spacial score (nSPS) is 16.3. The van der Waals surface area contributed by atoms with Gasteiger partial charge in [-0.1, -0.05) is 23.2 Å². The maximum Gasteiger partial charge on any atom is 0.419 e. The van der Waals surface area contributed by atoms with Crippen LogP contribution in [0, 0.1) is 0 Å². The zero-order valence-corrected chi connectivity index (χ0v) is 23.4. The molecule has 3 aromatic carbocycles. The molecule has 1 aliphatic rings. The molecule has 1 atom stereocenters. The molecule has 4 rings (SSSR count). The summed E-state index contributed by atoms with van der Waals surface area (Å²) in [5.74, 6) is -0.0944. The van der Waals surface area contributed by atoms with Crippen LogP contribution in [-0.4, -0.2) is 53.8 Å². The number of ether oxygens (including phenoxy) is 3. The first-order valence-corrected chi connectivity index (χ1v) is 13.9. The van der Waals surface area contributed by atoms with Gasteiger partial charge in [-0.25, -0.2) is 8.42 Å². The average Bonchev–Trinajstić information content (AvgIpc) is 3.25. The average molecular weight is 605 g/mol. The molecule has 0 amide bonds. The molecule has 0 bridgehead atoms. The molecule has 0 unspecified atom stereocenters. The summed E-state index contributed by atoms with van der Waals surface area (Å²) in [5.41, 5.74) is -0.563. The third-order valence-electron chi connectivity index (χ3n) is 6.13. The Morgan fingerprint density at radius 1 is 0.949 bits per heavy atom. The molecule has 0 saturated carbocycles. The highest BCUT2D eigenvalue weighted by molar-refractivity contribution is 7.92. The molecule has 1 fully saturated rings. The number of anilines is 1. The largest absolute Gasteiger partial charge is 0.493 e. The maximum absolute atomic E-state index is 13.7. The van der Waals surface area contributed by atoms with E-state index in [1.165, 1.54) is 44.6 Å². The lowest BCUT2D eigenvalue weighted by Crippen LogP contribution is -2.23. The van der Waals surface area contributed by atoms with E-state index in [4.69, 9.17) is 37.4 Å². The van der Waals surface area contributed by atoms with Crippen LogP contribution >= 0.6 is 23.2 Å². The minimum absolute atomic E-state index is 0.116. The van der Waals surface area contributed by atoms with Crippen LogP contribution in [0.2, 0.25) is 10.0 Å². The van der Waals surface area contributed by atoms with Crippen LogP contribution in [0.15, 0.2) is 53.4 Å². The Balaban J connectivity index is 1.79. The standard InChI is InChI=1S/C26H25Cl2F3N2O5S/c1-33-7-6-19(14-33)38-22-11-18(4-5-21(22)26(29,30)31)32-39(34,35)25-13-24(37-3)23(36-2)12-20(25)15-8-16(27)10-17(28)9-15/h4-5,8-13,19,32H,6-7,14H2,1-3H3/t19-/m1/s1. The summed E-state index contributed by atoms with van der Waals surface area (Å²) < 4.78 is 87.2. The SMILES string of the molecule is COc1cc(-c2cc(Cl)cc(Cl)c2)c(S(=O)(=O)Nc2ccc(C(F)(F)F)c(O[C@@H]3CCN(C)C3)c2)cc1OC. The molecule has 0 aromatic heterocycles. The molecule has 210 valence electrons. The van der Waals surface area contributed by atoms with E-state index in [1.807, 2.05) is 11.9 Å². The van der Waals surface area contributed by atoms with Crippen molar-refractivity contribution >= 4 is 38.9 Å². The third-order valence-corrected chi connectivity index (χ3v) is 7.99. The monoisotopic (exact) mass is 604 g/mol. The second-order valence-corrected chi connectivity index (χ2v) is 11.5. The smallest absolute Gasteiger partial charge is 0.419 e. The van der Waals surface area contributed by atoms with Crippen LogP contribution in [0.5, 0.6) is 17.2 Å². The van der Waals surface area contributed by atoms with Crippen molar-refractivity contribution < 1.29 is 35.8 Å². The molecular weight excluding hydrogens is 580 g/mol. The molecule has 1 N–H and O–H groups in total. The molecule has 1 saturated heterocycles. The van der Waals surface area contributed by atoms with E-state index < -0.39 is 33.6 Å². The fourth-order valence-corrected chi connectivity index (χ4v) is 6.12. The maximum atomic E-state index is 13.7. The van der Waals surface area contributed by atoms with Crippen LogP contribution in [0.25, 0.3) is 11.1 Å². The first kappa shape index (κ1) is 29.1. The van der Waals surface area contributed by atoms with E-state index in [0.29, 0.717) is 25.1 Å². The Bertz CT molecular complexity index is 1460. The van der Waals surface area contributed by atoms with Gasteiger partial charge in [0.25, 0.3) is 10.0 Å². The van der Waals surface area contributed by atoms with Gasteiger partial charge in [0.1, 0.15) is 11.9 Å². The predicted octanol–water partition coefficient (Wildman–Crippen LogP) is 6.58. The van der Waals surface area contributed by atoms with Gasteiger partial charge in [0, 0.05) is 40.8 Å². The molecule has 13 heteroatoms. The van der Waals surface area contributed by atoms with Gasteiger partial charge in [0.15, 0.2) is 11.5 Å². The van der Waals surface area contributed by atoms with E-state index in [-0.39, 0.29) is 37.7 Å². The number of alkyl halides is 3. The van der Waals surface area contributed by atoms with Crippen LogP contribution in [-0.2, 0) is 16.2 Å². The Labute approximate surface area is 234 Å². The molecule has 7 nitrogen and oxygen atoms in total. The summed E-state index contributed by atoms with van der Waals surface area (Å²) in [6.45, 7) is 1.12. The van der Waals surface area contributed by atoms with E-state index in [2.05, 4.69) is 4.72 Å². The summed E-state index contributed by atoms with van der Waals surface area (Å²) in [5, 5.41) is 0.538. The van der Waals surface area contributed by atoms with Crippen molar-refractivity contribution in [3.05, 3.63) is 64.1 Å². The number of likely N-dealkylation sites (tertiary alicyclic amines) is 1. The number of hydrogen-bond acceptors (Lipinski definition) is 6. The van der Waals surface area contributed by atoms with E-state index in [0.717, 1.165) is 18.2 Å². The van der Waals surface area contributed by atoms with Gasteiger partial charge in [-0.2, -0.15) is 13.2 Å². The topological polar surface area (TPSA) is 77.1 Å². The number of rotatable bonds is 8. The second kappa shape index (κ2) is 11.3. The highest BCUT2D eigenvalue weighted by atomic mass is 35.5. The molecule has 0 radical (unpaired) electrons. The van der Waals surface area contributed by atoms with Crippen molar-refractivity contribution in [3.63, 3.8) is 0 Å². The lowest BCUT2D eigenvalue weighted by molar-refractivity contribution is -0.139. The summed E-state index contributed by atoms with van der Waals surface area (Å²) >= 11 is 12.3. The number of sulfonamides is 1. The van der Waals surface area contributed by atoms with Crippen molar-refractivity contribution in [1.29, 1.82) is 0 Å². The highest BCUT2D eigenvalue weighted by Gasteiger charge is 2.36. The number of methoxy groups -OCH3 is 2. The lowest BCUT2D eigenvalue weighted by Gasteiger charge is -2.20. The molecule has 0 spiro atoms. The minimum Gasteiger partial charge on any atom is -0.493 e. The van der Waals surface area contributed by atoms with Crippen LogP contribution < -0.4 is 18.9 Å². The molecule has 39 heavy (non-hydrogen) atoms. The third kappa shape index (κ3) is 6.66. The minimum atomic E-state index is -4.69. The molecular formula is C26H25Cl2F3N2O5S.